The number of carbonyl (C=O) groups excluding carboxylic acids is 1. The molecule has 1 amide bonds. The Bertz CT molecular complexity index is 391. The third-order valence-electron chi connectivity index (χ3n) is 2.87. The number of rotatable bonds is 4. The van der Waals surface area contributed by atoms with Crippen LogP contribution in [0.5, 0.6) is 11.5 Å². The minimum atomic E-state index is -0.628. The second kappa shape index (κ2) is 5.08. The number of hydrogen-bond donors (Lipinski definition) is 1. The van der Waals surface area contributed by atoms with Gasteiger partial charge in [-0.2, -0.15) is 0 Å². The number of ether oxygens (including phenoxy) is 2. The summed E-state index contributed by atoms with van der Waals surface area (Å²) < 4.78 is 10.4. The topological polar surface area (TPSA) is 47.6 Å². The molecule has 1 aromatic rings. The SMILES string of the molecule is CNC(=O)C(C)(C)c1cc(OC)cc(OC)c1. The van der Waals surface area contributed by atoms with Crippen LogP contribution in [0.1, 0.15) is 19.4 Å². The Hall–Kier alpha value is -1.71. The van der Waals surface area contributed by atoms with E-state index >= 15 is 0 Å². The monoisotopic (exact) mass is 237 g/mol. The van der Waals surface area contributed by atoms with E-state index in [0.29, 0.717) is 11.5 Å². The summed E-state index contributed by atoms with van der Waals surface area (Å²) in [4.78, 5) is 11.8. The van der Waals surface area contributed by atoms with Gasteiger partial charge in [-0.15, -0.1) is 0 Å². The highest BCUT2D eigenvalue weighted by molar-refractivity contribution is 5.87. The number of nitrogens with one attached hydrogen (secondary N) is 1. The molecule has 0 aliphatic carbocycles. The van der Waals surface area contributed by atoms with Crippen molar-refractivity contribution < 1.29 is 14.3 Å². The summed E-state index contributed by atoms with van der Waals surface area (Å²) in [7, 11) is 4.80. The lowest BCUT2D eigenvalue weighted by molar-refractivity contribution is -0.125. The number of benzene rings is 1. The molecule has 0 fully saturated rings. The molecule has 17 heavy (non-hydrogen) atoms. The summed E-state index contributed by atoms with van der Waals surface area (Å²) in [5, 5.41) is 2.66. The standard InChI is InChI=1S/C13H19NO3/c1-13(2,12(15)14-3)9-6-10(16-4)8-11(7-9)17-5/h6-8H,1-5H3,(H,14,15). The molecule has 0 heterocycles. The molecule has 0 spiro atoms. The van der Waals surface area contributed by atoms with Crippen molar-refractivity contribution in [1.82, 2.24) is 5.32 Å². The summed E-state index contributed by atoms with van der Waals surface area (Å²) in [6.07, 6.45) is 0. The van der Waals surface area contributed by atoms with Gasteiger partial charge in [0.05, 0.1) is 19.6 Å². The summed E-state index contributed by atoms with van der Waals surface area (Å²) in [5.74, 6) is 1.31. The van der Waals surface area contributed by atoms with Crippen LogP contribution < -0.4 is 14.8 Å². The van der Waals surface area contributed by atoms with E-state index in [1.54, 1.807) is 27.3 Å². The molecular formula is C13H19NO3. The first-order valence-corrected chi connectivity index (χ1v) is 5.41. The Balaban J connectivity index is 3.25. The molecule has 0 aliphatic rings. The highest BCUT2D eigenvalue weighted by Crippen LogP contribution is 2.31. The van der Waals surface area contributed by atoms with Crippen LogP contribution >= 0.6 is 0 Å². The van der Waals surface area contributed by atoms with E-state index in [1.165, 1.54) is 0 Å². The van der Waals surface area contributed by atoms with E-state index in [-0.39, 0.29) is 5.91 Å². The van der Waals surface area contributed by atoms with Gasteiger partial charge in [0, 0.05) is 13.1 Å². The number of carbonyl (C=O) groups is 1. The van der Waals surface area contributed by atoms with Crippen LogP contribution in [0.15, 0.2) is 18.2 Å². The Kier molecular flexibility index (Phi) is 3.99. The fourth-order valence-electron chi connectivity index (χ4n) is 1.61. The van der Waals surface area contributed by atoms with Crippen LogP contribution in [-0.2, 0) is 10.2 Å². The molecule has 0 unspecified atom stereocenters. The fourth-order valence-corrected chi connectivity index (χ4v) is 1.61. The first kappa shape index (κ1) is 13.4. The Labute approximate surface area is 102 Å². The van der Waals surface area contributed by atoms with E-state index in [1.807, 2.05) is 26.0 Å². The van der Waals surface area contributed by atoms with Gasteiger partial charge in [-0.3, -0.25) is 4.79 Å². The number of methoxy groups -OCH3 is 2. The third-order valence-corrected chi connectivity index (χ3v) is 2.87. The van der Waals surface area contributed by atoms with Crippen molar-refractivity contribution in [2.45, 2.75) is 19.3 Å². The van der Waals surface area contributed by atoms with E-state index in [9.17, 15) is 4.79 Å². The van der Waals surface area contributed by atoms with Gasteiger partial charge in [-0.25, -0.2) is 0 Å². The van der Waals surface area contributed by atoms with Crippen molar-refractivity contribution in [3.05, 3.63) is 23.8 Å². The molecule has 0 aliphatic heterocycles. The minimum absolute atomic E-state index is 0.0483. The third kappa shape index (κ3) is 2.70. The van der Waals surface area contributed by atoms with Crippen molar-refractivity contribution in [2.75, 3.05) is 21.3 Å². The number of likely N-dealkylation sites (N-methyl/N-ethyl adjacent to an activating group) is 1. The smallest absolute Gasteiger partial charge is 0.229 e. The van der Waals surface area contributed by atoms with Gasteiger partial charge in [0.1, 0.15) is 11.5 Å². The minimum Gasteiger partial charge on any atom is -0.497 e. The molecule has 94 valence electrons. The zero-order valence-electron chi connectivity index (χ0n) is 11.0. The van der Waals surface area contributed by atoms with Crippen LogP contribution in [0.25, 0.3) is 0 Å². The van der Waals surface area contributed by atoms with Crippen LogP contribution in [0, 0.1) is 0 Å². The van der Waals surface area contributed by atoms with Gasteiger partial charge < -0.3 is 14.8 Å². The maximum atomic E-state index is 11.8. The maximum Gasteiger partial charge on any atom is 0.229 e. The zero-order chi connectivity index (χ0) is 13.1. The molecule has 1 rings (SSSR count). The van der Waals surface area contributed by atoms with Crippen molar-refractivity contribution >= 4 is 5.91 Å². The highest BCUT2D eigenvalue weighted by Gasteiger charge is 2.29. The molecule has 1 aromatic carbocycles. The molecule has 0 radical (unpaired) electrons. The van der Waals surface area contributed by atoms with E-state index in [4.69, 9.17) is 9.47 Å². The zero-order valence-corrected chi connectivity index (χ0v) is 11.0. The molecule has 0 saturated carbocycles. The molecule has 4 heteroatoms. The average Bonchev–Trinajstić information content (AvgIpc) is 2.36. The van der Waals surface area contributed by atoms with E-state index in [0.717, 1.165) is 5.56 Å². The predicted molar refractivity (Wildman–Crippen MR) is 66.6 cm³/mol. The van der Waals surface area contributed by atoms with Crippen molar-refractivity contribution in [3.63, 3.8) is 0 Å². The second-order valence-electron chi connectivity index (χ2n) is 4.31. The maximum absolute atomic E-state index is 11.8. The van der Waals surface area contributed by atoms with Gasteiger partial charge in [0.15, 0.2) is 0 Å². The summed E-state index contributed by atoms with van der Waals surface area (Å²) in [6, 6.07) is 5.47. The summed E-state index contributed by atoms with van der Waals surface area (Å²) >= 11 is 0. The largest absolute Gasteiger partial charge is 0.497 e. The lowest BCUT2D eigenvalue weighted by Gasteiger charge is -2.24. The van der Waals surface area contributed by atoms with Crippen molar-refractivity contribution in [3.8, 4) is 11.5 Å². The fraction of sp³-hybridized carbons (Fsp3) is 0.462. The molecular weight excluding hydrogens is 218 g/mol. The van der Waals surface area contributed by atoms with Crippen LogP contribution in [-0.4, -0.2) is 27.2 Å². The first-order valence-electron chi connectivity index (χ1n) is 5.41. The molecule has 1 N–H and O–H groups in total. The van der Waals surface area contributed by atoms with Crippen LogP contribution in [0.3, 0.4) is 0 Å². The number of amides is 1. The highest BCUT2D eigenvalue weighted by atomic mass is 16.5. The Morgan fingerprint density at radius 3 is 1.94 bits per heavy atom. The summed E-state index contributed by atoms with van der Waals surface area (Å²) in [6.45, 7) is 3.72. The van der Waals surface area contributed by atoms with Gasteiger partial charge in [-0.1, -0.05) is 0 Å². The molecule has 0 saturated heterocycles. The second-order valence-corrected chi connectivity index (χ2v) is 4.31. The lowest BCUT2D eigenvalue weighted by atomic mass is 9.83. The summed E-state index contributed by atoms with van der Waals surface area (Å²) in [5.41, 5.74) is 0.226. The van der Waals surface area contributed by atoms with Gasteiger partial charge in [0.25, 0.3) is 0 Å². The molecule has 0 bridgehead atoms. The normalized spacial score (nSPS) is 10.9. The lowest BCUT2D eigenvalue weighted by Crippen LogP contribution is -2.38. The first-order chi connectivity index (χ1) is 7.95. The Morgan fingerprint density at radius 2 is 1.59 bits per heavy atom. The van der Waals surface area contributed by atoms with Crippen LogP contribution in [0.2, 0.25) is 0 Å². The molecule has 0 aromatic heterocycles. The quantitative estimate of drug-likeness (QED) is 0.867. The Morgan fingerprint density at radius 1 is 1.12 bits per heavy atom. The molecule has 0 atom stereocenters. The van der Waals surface area contributed by atoms with E-state index < -0.39 is 5.41 Å². The van der Waals surface area contributed by atoms with Crippen molar-refractivity contribution in [1.29, 1.82) is 0 Å². The number of hydrogen-bond acceptors (Lipinski definition) is 3. The average molecular weight is 237 g/mol. The van der Waals surface area contributed by atoms with Crippen molar-refractivity contribution in [2.24, 2.45) is 0 Å². The predicted octanol–water partition coefficient (Wildman–Crippen LogP) is 1.73. The molecule has 4 nitrogen and oxygen atoms in total. The van der Waals surface area contributed by atoms with Gasteiger partial charge in [-0.05, 0) is 31.5 Å². The van der Waals surface area contributed by atoms with E-state index in [2.05, 4.69) is 5.32 Å². The van der Waals surface area contributed by atoms with Gasteiger partial charge in [0.2, 0.25) is 5.91 Å². The van der Waals surface area contributed by atoms with Crippen LogP contribution in [0.4, 0.5) is 0 Å². The van der Waals surface area contributed by atoms with Gasteiger partial charge >= 0.3 is 0 Å².